The number of fused-ring (bicyclic) bond motifs is 4. The number of aliphatic hydroxyl groups is 1. The van der Waals surface area contributed by atoms with Crippen LogP contribution in [0.4, 0.5) is 22.0 Å². The Hall–Kier alpha value is -2.35. The van der Waals surface area contributed by atoms with Gasteiger partial charge in [-0.15, -0.1) is 0 Å². The lowest BCUT2D eigenvalue weighted by Gasteiger charge is -2.53. The lowest BCUT2D eigenvalue weighted by Crippen LogP contribution is -2.52. The number of benzene rings is 1. The van der Waals surface area contributed by atoms with Crippen LogP contribution in [0.15, 0.2) is 47.1 Å². The highest BCUT2D eigenvalue weighted by Gasteiger charge is 2.69. The lowest BCUT2D eigenvalue weighted by molar-refractivity contribution is -0.225. The minimum atomic E-state index is -4.81. The summed E-state index contributed by atoms with van der Waals surface area (Å²) in [4.78, 5) is 24.0. The number of rotatable bonds is 4. The number of ketones is 2. The number of carbonyl (C=O) groups excluding carboxylic acids is 2. The summed E-state index contributed by atoms with van der Waals surface area (Å²) in [6, 6.07) is 6.98. The Morgan fingerprint density at radius 1 is 1.16 bits per heavy atom. The molecule has 4 unspecified atom stereocenters. The van der Waals surface area contributed by atoms with Gasteiger partial charge in [-0.05, 0) is 73.6 Å². The Labute approximate surface area is 212 Å². The van der Waals surface area contributed by atoms with Gasteiger partial charge >= 0.3 is 6.18 Å². The zero-order chi connectivity index (χ0) is 26.9. The van der Waals surface area contributed by atoms with Gasteiger partial charge in [-0.2, -0.15) is 13.2 Å². The monoisotopic (exact) mass is 522 g/mol. The van der Waals surface area contributed by atoms with Crippen LogP contribution in [0.1, 0.15) is 80.6 Å². The van der Waals surface area contributed by atoms with Gasteiger partial charge in [-0.3, -0.25) is 9.59 Å². The van der Waals surface area contributed by atoms with E-state index in [1.54, 1.807) is 37.3 Å². The zero-order valence-electron chi connectivity index (χ0n) is 20.9. The van der Waals surface area contributed by atoms with Gasteiger partial charge in [0.1, 0.15) is 6.17 Å². The number of carbonyl (C=O) groups is 2. The molecule has 0 heterocycles. The van der Waals surface area contributed by atoms with E-state index in [4.69, 9.17) is 0 Å². The van der Waals surface area contributed by atoms with Gasteiger partial charge in [0.05, 0.1) is 12.3 Å². The first kappa shape index (κ1) is 26.3. The number of hydrogen-bond acceptors (Lipinski definition) is 3. The fourth-order valence-corrected chi connectivity index (χ4v) is 7.70. The molecule has 7 atom stereocenters. The molecular formula is C29H31F5O3. The molecule has 2 fully saturated rings. The summed E-state index contributed by atoms with van der Waals surface area (Å²) in [5.74, 6) is -6.11. The van der Waals surface area contributed by atoms with E-state index in [0.717, 1.165) is 22.3 Å². The van der Waals surface area contributed by atoms with Crippen molar-refractivity contribution in [3.63, 3.8) is 0 Å². The molecule has 0 bridgehead atoms. The molecule has 0 saturated heterocycles. The van der Waals surface area contributed by atoms with Crippen molar-refractivity contribution >= 4 is 11.6 Å². The fraction of sp³-hybridized carbons (Fsp3) is 0.586. The summed E-state index contributed by atoms with van der Waals surface area (Å²) in [5.41, 5.74) is 2.88. The van der Waals surface area contributed by atoms with Crippen LogP contribution in [0.3, 0.4) is 0 Å². The molecule has 8 heteroatoms. The van der Waals surface area contributed by atoms with Crippen molar-refractivity contribution in [2.75, 3.05) is 0 Å². The first-order valence-electron chi connectivity index (χ1n) is 12.9. The van der Waals surface area contributed by atoms with E-state index in [9.17, 15) is 32.3 Å². The maximum Gasteiger partial charge on any atom is 0.391 e. The second kappa shape index (κ2) is 8.85. The smallest absolute Gasteiger partial charge is 0.361 e. The Balaban J connectivity index is 1.62. The average molecular weight is 523 g/mol. The third-order valence-electron chi connectivity index (χ3n) is 9.51. The Morgan fingerprint density at radius 3 is 2.46 bits per heavy atom. The largest absolute Gasteiger partial charge is 0.391 e. The molecular weight excluding hydrogens is 491 g/mol. The molecule has 1 aromatic carbocycles. The standard InChI is InChI=1S/C29H31F5O3/c1-15(35)16-3-5-17(6-4-16)22-13-27(2)23(12-24(29(27,34)37)25(30)14-28(31,32)33)21-9-7-18-11-19(36)8-10-20(18)26(21)22/h3-6,11,21-25,37H,7-10,12-14H2,1-2H3/t21?,22-,23?,24?,25?,27+,29+/m1/s1. The second-order valence-electron chi connectivity index (χ2n) is 11.5. The topological polar surface area (TPSA) is 54.4 Å². The summed E-state index contributed by atoms with van der Waals surface area (Å²) in [6.45, 7) is 3.00. The van der Waals surface area contributed by atoms with Crippen LogP contribution in [0, 0.1) is 23.2 Å². The van der Waals surface area contributed by atoms with Crippen LogP contribution in [0.5, 0.6) is 0 Å². The highest BCUT2D eigenvalue weighted by Crippen LogP contribution is 2.69. The van der Waals surface area contributed by atoms with E-state index in [2.05, 4.69) is 0 Å². The molecule has 4 aliphatic rings. The molecule has 1 aromatic rings. The molecule has 0 radical (unpaired) electrons. The minimum absolute atomic E-state index is 0.0484. The summed E-state index contributed by atoms with van der Waals surface area (Å²) in [6.07, 6.45) is -5.55. The lowest BCUT2D eigenvalue weighted by atomic mass is 9.52. The van der Waals surface area contributed by atoms with E-state index in [0.29, 0.717) is 31.2 Å². The maximum atomic E-state index is 16.3. The molecule has 2 saturated carbocycles. The molecule has 0 aliphatic heterocycles. The summed E-state index contributed by atoms with van der Waals surface area (Å²) in [7, 11) is 0. The number of Topliss-reactive ketones (excluding diaryl/α,β-unsaturated/α-hetero) is 1. The first-order chi connectivity index (χ1) is 17.2. The molecule has 5 rings (SSSR count). The maximum absolute atomic E-state index is 16.3. The number of halogens is 5. The first-order valence-corrected chi connectivity index (χ1v) is 12.9. The minimum Gasteiger partial charge on any atom is -0.361 e. The van der Waals surface area contributed by atoms with Crippen molar-refractivity contribution in [3.8, 4) is 0 Å². The van der Waals surface area contributed by atoms with Gasteiger partial charge in [0.25, 0.3) is 0 Å². The van der Waals surface area contributed by atoms with Gasteiger partial charge in [0, 0.05) is 23.3 Å². The molecule has 4 aliphatic carbocycles. The van der Waals surface area contributed by atoms with Crippen molar-refractivity contribution in [1.82, 2.24) is 0 Å². The summed E-state index contributed by atoms with van der Waals surface area (Å²) >= 11 is 0. The van der Waals surface area contributed by atoms with Crippen molar-refractivity contribution in [1.29, 1.82) is 0 Å². The van der Waals surface area contributed by atoms with Crippen LogP contribution in [0.25, 0.3) is 0 Å². The SMILES string of the molecule is CC(=O)c1ccc([C@H]2C[C@@]3(C)C(CC(C(F)CC(F)(F)F)[C@@]3(O)F)C3CCC4=CC(=O)CCC4=C32)cc1. The highest BCUT2D eigenvalue weighted by atomic mass is 19.4. The van der Waals surface area contributed by atoms with E-state index in [1.807, 2.05) is 0 Å². The predicted octanol–water partition coefficient (Wildman–Crippen LogP) is 6.96. The molecule has 0 aromatic heterocycles. The fourth-order valence-electron chi connectivity index (χ4n) is 7.70. The summed E-state index contributed by atoms with van der Waals surface area (Å²) < 4.78 is 70.3. The van der Waals surface area contributed by atoms with E-state index < -0.39 is 41.9 Å². The van der Waals surface area contributed by atoms with Gasteiger partial charge in [0.2, 0.25) is 5.85 Å². The third kappa shape index (κ3) is 4.29. The Morgan fingerprint density at radius 2 is 1.84 bits per heavy atom. The van der Waals surface area contributed by atoms with Crippen molar-refractivity contribution in [2.45, 2.75) is 82.9 Å². The van der Waals surface area contributed by atoms with Crippen LogP contribution >= 0.6 is 0 Å². The highest BCUT2D eigenvalue weighted by molar-refractivity contribution is 5.94. The quantitative estimate of drug-likeness (QED) is 0.344. The normalized spacial score (nSPS) is 36.4. The van der Waals surface area contributed by atoms with Gasteiger partial charge in [-0.25, -0.2) is 8.78 Å². The average Bonchev–Trinajstić information content (AvgIpc) is 3.02. The van der Waals surface area contributed by atoms with Crippen LogP contribution in [-0.4, -0.2) is 34.9 Å². The second-order valence-corrected chi connectivity index (χ2v) is 11.5. The Kier molecular flexibility index (Phi) is 6.29. The van der Waals surface area contributed by atoms with Crippen molar-refractivity contribution < 1.29 is 36.6 Å². The van der Waals surface area contributed by atoms with Gasteiger partial charge in [-0.1, -0.05) is 36.8 Å². The van der Waals surface area contributed by atoms with Gasteiger partial charge < -0.3 is 5.11 Å². The van der Waals surface area contributed by atoms with Crippen molar-refractivity contribution in [3.05, 3.63) is 58.2 Å². The van der Waals surface area contributed by atoms with Crippen LogP contribution in [-0.2, 0) is 4.79 Å². The predicted molar refractivity (Wildman–Crippen MR) is 127 cm³/mol. The number of alkyl halides is 5. The number of allylic oxidation sites excluding steroid dienone is 4. The van der Waals surface area contributed by atoms with E-state index in [-0.39, 0.29) is 36.2 Å². The molecule has 200 valence electrons. The van der Waals surface area contributed by atoms with E-state index in [1.165, 1.54) is 6.92 Å². The molecule has 1 N–H and O–H groups in total. The molecule has 0 spiro atoms. The summed E-state index contributed by atoms with van der Waals surface area (Å²) in [5, 5.41) is 11.1. The number of hydrogen-bond donors (Lipinski definition) is 1. The molecule has 37 heavy (non-hydrogen) atoms. The van der Waals surface area contributed by atoms with Crippen molar-refractivity contribution in [2.24, 2.45) is 23.2 Å². The van der Waals surface area contributed by atoms with Crippen LogP contribution < -0.4 is 0 Å². The third-order valence-corrected chi connectivity index (χ3v) is 9.51. The van der Waals surface area contributed by atoms with Crippen LogP contribution in [0.2, 0.25) is 0 Å². The van der Waals surface area contributed by atoms with E-state index >= 15 is 4.39 Å². The Bertz CT molecular complexity index is 1180. The zero-order valence-corrected chi connectivity index (χ0v) is 20.9. The van der Waals surface area contributed by atoms with Gasteiger partial charge in [0.15, 0.2) is 11.6 Å². The molecule has 0 amide bonds. The molecule has 3 nitrogen and oxygen atoms in total.